The third kappa shape index (κ3) is 3.04. The van der Waals surface area contributed by atoms with Crippen LogP contribution in [-0.2, 0) is 0 Å². The maximum atomic E-state index is 4.89. The molecule has 8 heteroatoms. The Hall–Kier alpha value is -4.04. The number of nitrogens with one attached hydrogen (secondary N) is 2. The molecule has 0 amide bonds. The molecule has 7 nitrogen and oxygen atoms in total. The third-order valence-corrected chi connectivity index (χ3v) is 6.39. The van der Waals surface area contributed by atoms with Crippen molar-refractivity contribution in [3.05, 3.63) is 66.4 Å². The predicted octanol–water partition coefficient (Wildman–Crippen LogP) is 5.36. The maximum absolute atomic E-state index is 4.89. The summed E-state index contributed by atoms with van der Waals surface area (Å²) in [4.78, 5) is 20.4. The van der Waals surface area contributed by atoms with Gasteiger partial charge in [-0.2, -0.15) is 5.10 Å². The molecule has 0 bridgehead atoms. The first-order valence-electron chi connectivity index (χ1n) is 10.2. The standard InChI is InChI=1S/C24H19N7S/c1-31(2)16-10-15(12-25-13-16)14-5-6-18-17(11-14)21(30-29-18)24-27-19-7-8-26-23(22(19)28-24)20-4-3-9-32-20/h3-13H,1-2H3,(H,27,28)(H,29,30). The highest BCUT2D eigenvalue weighted by atomic mass is 32.1. The van der Waals surface area contributed by atoms with Gasteiger partial charge in [0.05, 0.1) is 27.8 Å². The number of pyridine rings is 2. The smallest absolute Gasteiger partial charge is 0.159 e. The van der Waals surface area contributed by atoms with Crippen LogP contribution in [0.1, 0.15) is 0 Å². The summed E-state index contributed by atoms with van der Waals surface area (Å²) in [5.74, 6) is 0.717. The van der Waals surface area contributed by atoms with Gasteiger partial charge >= 0.3 is 0 Å². The lowest BCUT2D eigenvalue weighted by Crippen LogP contribution is -2.08. The van der Waals surface area contributed by atoms with Gasteiger partial charge in [0.1, 0.15) is 16.9 Å². The number of aromatic amines is 2. The first-order valence-corrected chi connectivity index (χ1v) is 11.1. The molecule has 0 atom stereocenters. The van der Waals surface area contributed by atoms with Crippen LogP contribution in [0.15, 0.2) is 66.4 Å². The first kappa shape index (κ1) is 18.7. The van der Waals surface area contributed by atoms with Crippen LogP contribution in [-0.4, -0.2) is 44.2 Å². The predicted molar refractivity (Wildman–Crippen MR) is 130 cm³/mol. The number of benzene rings is 1. The van der Waals surface area contributed by atoms with Crippen LogP contribution in [0.3, 0.4) is 0 Å². The number of anilines is 1. The first-order chi connectivity index (χ1) is 15.7. The van der Waals surface area contributed by atoms with E-state index in [1.807, 2.05) is 61.2 Å². The van der Waals surface area contributed by atoms with Gasteiger partial charge in [0.15, 0.2) is 5.82 Å². The highest BCUT2D eigenvalue weighted by Crippen LogP contribution is 2.33. The van der Waals surface area contributed by atoms with Crippen molar-refractivity contribution in [3.8, 4) is 33.2 Å². The van der Waals surface area contributed by atoms with E-state index in [-0.39, 0.29) is 0 Å². The second-order valence-electron chi connectivity index (χ2n) is 7.78. The molecule has 0 spiro atoms. The Morgan fingerprint density at radius 3 is 2.72 bits per heavy atom. The molecule has 6 aromatic rings. The SMILES string of the molecule is CN(C)c1cncc(-c2ccc3[nH]nc(-c4nc5c(-c6cccs6)nccc5[nH]4)c3c2)c1. The number of thiophene rings is 1. The van der Waals surface area contributed by atoms with Gasteiger partial charge in [-0.25, -0.2) is 4.98 Å². The average Bonchev–Trinajstić information content (AvgIpc) is 3.57. The van der Waals surface area contributed by atoms with Crippen LogP contribution in [0.25, 0.3) is 55.2 Å². The van der Waals surface area contributed by atoms with Crippen LogP contribution in [0.2, 0.25) is 0 Å². The van der Waals surface area contributed by atoms with Gasteiger partial charge in [-0.15, -0.1) is 11.3 Å². The summed E-state index contributed by atoms with van der Waals surface area (Å²) < 4.78 is 0. The van der Waals surface area contributed by atoms with E-state index in [9.17, 15) is 0 Å². The van der Waals surface area contributed by atoms with Crippen molar-refractivity contribution in [3.63, 3.8) is 0 Å². The fraction of sp³-hybridized carbons (Fsp3) is 0.0833. The molecule has 0 fully saturated rings. The summed E-state index contributed by atoms with van der Waals surface area (Å²) >= 11 is 1.66. The summed E-state index contributed by atoms with van der Waals surface area (Å²) in [6, 6.07) is 14.4. The minimum atomic E-state index is 0.717. The number of aromatic nitrogens is 6. The highest BCUT2D eigenvalue weighted by Gasteiger charge is 2.16. The molecule has 1 aromatic carbocycles. The van der Waals surface area contributed by atoms with E-state index in [0.29, 0.717) is 0 Å². The molecule has 156 valence electrons. The van der Waals surface area contributed by atoms with Crippen molar-refractivity contribution < 1.29 is 0 Å². The lowest BCUT2D eigenvalue weighted by Gasteiger charge is -2.13. The molecule has 0 aliphatic carbocycles. The highest BCUT2D eigenvalue weighted by molar-refractivity contribution is 7.13. The topological polar surface area (TPSA) is 86.4 Å². The summed E-state index contributed by atoms with van der Waals surface area (Å²) in [7, 11) is 4.03. The minimum Gasteiger partial charge on any atom is -0.376 e. The molecular weight excluding hydrogens is 418 g/mol. The average molecular weight is 438 g/mol. The molecule has 5 aromatic heterocycles. The van der Waals surface area contributed by atoms with Gasteiger partial charge in [-0.05, 0) is 41.3 Å². The van der Waals surface area contributed by atoms with Crippen molar-refractivity contribution in [2.24, 2.45) is 0 Å². The zero-order valence-electron chi connectivity index (χ0n) is 17.5. The molecule has 0 aliphatic heterocycles. The van der Waals surface area contributed by atoms with E-state index in [1.54, 1.807) is 11.3 Å². The summed E-state index contributed by atoms with van der Waals surface area (Å²) in [6.07, 6.45) is 5.55. The Bertz CT molecular complexity index is 1560. The van der Waals surface area contributed by atoms with E-state index >= 15 is 0 Å². The zero-order valence-corrected chi connectivity index (χ0v) is 18.3. The van der Waals surface area contributed by atoms with E-state index in [0.717, 1.165) is 60.8 Å². The van der Waals surface area contributed by atoms with Gasteiger partial charge in [0.2, 0.25) is 0 Å². The molecule has 5 heterocycles. The number of imidazole rings is 1. The van der Waals surface area contributed by atoms with Crippen molar-refractivity contribution >= 4 is 39.0 Å². The number of rotatable bonds is 4. The van der Waals surface area contributed by atoms with E-state index < -0.39 is 0 Å². The second-order valence-corrected chi connectivity index (χ2v) is 8.72. The molecule has 0 aliphatic rings. The van der Waals surface area contributed by atoms with Crippen molar-refractivity contribution in [2.45, 2.75) is 0 Å². The third-order valence-electron chi connectivity index (χ3n) is 5.52. The summed E-state index contributed by atoms with van der Waals surface area (Å²) in [5, 5.41) is 10.8. The molecule has 0 unspecified atom stereocenters. The Morgan fingerprint density at radius 2 is 1.88 bits per heavy atom. The summed E-state index contributed by atoms with van der Waals surface area (Å²) in [5.41, 5.74) is 7.60. The van der Waals surface area contributed by atoms with Crippen molar-refractivity contribution in [1.29, 1.82) is 0 Å². The van der Waals surface area contributed by atoms with Gasteiger partial charge in [0, 0.05) is 37.4 Å². The zero-order chi connectivity index (χ0) is 21.7. The Morgan fingerprint density at radius 1 is 0.938 bits per heavy atom. The number of fused-ring (bicyclic) bond motifs is 2. The number of hydrogen-bond acceptors (Lipinski definition) is 6. The molecule has 32 heavy (non-hydrogen) atoms. The Kier molecular flexibility index (Phi) is 4.26. The molecule has 0 radical (unpaired) electrons. The minimum absolute atomic E-state index is 0.717. The van der Waals surface area contributed by atoms with E-state index in [1.165, 1.54) is 0 Å². The largest absolute Gasteiger partial charge is 0.376 e. The number of nitrogens with zero attached hydrogens (tertiary/aromatic N) is 5. The normalized spacial score (nSPS) is 11.4. The second kappa shape index (κ2) is 7.28. The monoisotopic (exact) mass is 437 g/mol. The molecule has 2 N–H and O–H groups in total. The molecular formula is C24H19N7S. The van der Waals surface area contributed by atoms with Crippen molar-refractivity contribution in [1.82, 2.24) is 30.1 Å². The molecule has 6 rings (SSSR count). The van der Waals surface area contributed by atoms with Crippen LogP contribution in [0, 0.1) is 0 Å². The Balaban J connectivity index is 1.49. The van der Waals surface area contributed by atoms with Crippen molar-refractivity contribution in [2.75, 3.05) is 19.0 Å². The van der Waals surface area contributed by atoms with Crippen LogP contribution in [0.5, 0.6) is 0 Å². The quantitative estimate of drug-likeness (QED) is 0.388. The lowest BCUT2D eigenvalue weighted by atomic mass is 10.0. The molecule has 0 saturated heterocycles. The maximum Gasteiger partial charge on any atom is 0.159 e. The number of hydrogen-bond donors (Lipinski definition) is 2. The molecule has 0 saturated carbocycles. The van der Waals surface area contributed by atoms with Crippen LogP contribution >= 0.6 is 11.3 Å². The van der Waals surface area contributed by atoms with Gasteiger partial charge in [0.25, 0.3) is 0 Å². The van der Waals surface area contributed by atoms with Crippen LogP contribution < -0.4 is 4.90 Å². The summed E-state index contributed by atoms with van der Waals surface area (Å²) in [6.45, 7) is 0. The van der Waals surface area contributed by atoms with Crippen LogP contribution in [0.4, 0.5) is 5.69 Å². The Labute approximate surface area is 187 Å². The fourth-order valence-electron chi connectivity index (χ4n) is 3.85. The fourth-order valence-corrected chi connectivity index (χ4v) is 4.57. The lowest BCUT2D eigenvalue weighted by molar-refractivity contribution is 1.11. The van der Waals surface area contributed by atoms with Gasteiger partial charge in [-0.1, -0.05) is 12.1 Å². The van der Waals surface area contributed by atoms with E-state index in [4.69, 9.17) is 4.98 Å². The van der Waals surface area contributed by atoms with Gasteiger partial charge < -0.3 is 9.88 Å². The number of H-pyrrole nitrogens is 2. The van der Waals surface area contributed by atoms with Gasteiger partial charge in [-0.3, -0.25) is 15.1 Å². The van der Waals surface area contributed by atoms with E-state index in [2.05, 4.69) is 49.4 Å².